The van der Waals surface area contributed by atoms with E-state index in [2.05, 4.69) is 21.2 Å². The fraction of sp³-hybridized carbons (Fsp3) is 0.467. The summed E-state index contributed by atoms with van der Waals surface area (Å²) in [5, 5.41) is 12.6. The van der Waals surface area contributed by atoms with E-state index in [1.54, 1.807) is 18.2 Å². The van der Waals surface area contributed by atoms with Crippen molar-refractivity contribution in [1.29, 1.82) is 0 Å². The van der Waals surface area contributed by atoms with Crippen molar-refractivity contribution in [2.45, 2.75) is 44.1 Å². The maximum Gasteiger partial charge on any atom is 0.329 e. The van der Waals surface area contributed by atoms with Gasteiger partial charge in [-0.25, -0.2) is 4.79 Å². The van der Waals surface area contributed by atoms with Gasteiger partial charge in [-0.2, -0.15) is 0 Å². The minimum absolute atomic E-state index is 0.296. The summed E-state index contributed by atoms with van der Waals surface area (Å²) >= 11 is 9.34. The molecule has 1 saturated carbocycles. The van der Waals surface area contributed by atoms with Gasteiger partial charge in [-0.3, -0.25) is 4.79 Å². The first kappa shape index (κ1) is 16.3. The van der Waals surface area contributed by atoms with E-state index in [1.807, 2.05) is 0 Å². The molecular formula is C15H17BrClNO3. The van der Waals surface area contributed by atoms with Gasteiger partial charge >= 0.3 is 5.97 Å². The number of carbonyl (C=O) groups excluding carboxylic acids is 1. The number of rotatable bonds is 3. The van der Waals surface area contributed by atoms with Gasteiger partial charge in [0, 0.05) is 4.47 Å². The lowest BCUT2D eigenvalue weighted by atomic mass is 9.90. The first-order valence-electron chi connectivity index (χ1n) is 6.95. The minimum Gasteiger partial charge on any atom is -0.480 e. The third kappa shape index (κ3) is 3.77. The van der Waals surface area contributed by atoms with Crippen LogP contribution in [0.15, 0.2) is 22.7 Å². The summed E-state index contributed by atoms with van der Waals surface area (Å²) in [6.07, 6.45) is 4.54. The van der Waals surface area contributed by atoms with Crippen LogP contribution in [0.4, 0.5) is 0 Å². The second-order valence-corrected chi connectivity index (χ2v) is 6.70. The highest BCUT2D eigenvalue weighted by molar-refractivity contribution is 9.10. The Morgan fingerprint density at radius 3 is 2.33 bits per heavy atom. The van der Waals surface area contributed by atoms with Crippen LogP contribution in [0.1, 0.15) is 48.9 Å². The standard InChI is InChI=1S/C15H17BrClNO3/c16-10-5-6-11(12(17)9-10)13(19)18-15(14(20)21)7-3-1-2-4-8-15/h5-6,9H,1-4,7-8H2,(H,18,19)(H,20,21). The van der Waals surface area contributed by atoms with Crippen LogP contribution >= 0.6 is 27.5 Å². The summed E-state index contributed by atoms with van der Waals surface area (Å²) in [6, 6.07) is 4.92. The highest BCUT2D eigenvalue weighted by Crippen LogP contribution is 2.29. The van der Waals surface area contributed by atoms with Crippen LogP contribution in [0.5, 0.6) is 0 Å². The zero-order valence-corrected chi connectivity index (χ0v) is 13.8. The molecule has 0 heterocycles. The van der Waals surface area contributed by atoms with Crippen LogP contribution in [0.3, 0.4) is 0 Å². The van der Waals surface area contributed by atoms with Gasteiger partial charge in [0.05, 0.1) is 10.6 Å². The Balaban J connectivity index is 2.24. The number of carboxylic acid groups (broad SMARTS) is 1. The van der Waals surface area contributed by atoms with Gasteiger partial charge in [0.1, 0.15) is 5.54 Å². The maximum atomic E-state index is 12.4. The van der Waals surface area contributed by atoms with Crippen molar-refractivity contribution in [3.05, 3.63) is 33.3 Å². The second-order valence-electron chi connectivity index (χ2n) is 5.38. The Labute approximate surface area is 137 Å². The number of amides is 1. The normalized spacial score (nSPS) is 17.8. The van der Waals surface area contributed by atoms with Crippen molar-refractivity contribution in [2.75, 3.05) is 0 Å². The Kier molecular flexibility index (Phi) is 5.27. The number of carboxylic acids is 1. The van der Waals surface area contributed by atoms with Gasteiger partial charge in [0.25, 0.3) is 5.91 Å². The molecule has 2 rings (SSSR count). The fourth-order valence-corrected chi connectivity index (χ4v) is 3.44. The predicted molar refractivity (Wildman–Crippen MR) is 84.7 cm³/mol. The van der Waals surface area contributed by atoms with Gasteiger partial charge < -0.3 is 10.4 Å². The van der Waals surface area contributed by atoms with E-state index in [9.17, 15) is 14.7 Å². The van der Waals surface area contributed by atoms with Crippen LogP contribution in [-0.4, -0.2) is 22.5 Å². The predicted octanol–water partition coefficient (Wildman–Crippen LogP) is 4.01. The van der Waals surface area contributed by atoms with Crippen molar-refractivity contribution < 1.29 is 14.7 Å². The largest absolute Gasteiger partial charge is 0.480 e. The number of hydrogen-bond acceptors (Lipinski definition) is 2. The molecule has 0 saturated heterocycles. The number of nitrogens with one attached hydrogen (secondary N) is 1. The molecule has 1 aromatic carbocycles. The average Bonchev–Trinajstić information content (AvgIpc) is 2.65. The number of benzene rings is 1. The van der Waals surface area contributed by atoms with Gasteiger partial charge in [-0.1, -0.05) is 53.2 Å². The summed E-state index contributed by atoms with van der Waals surface area (Å²) in [5.41, 5.74) is -0.881. The Bertz CT molecular complexity index is 554. The molecule has 1 aliphatic carbocycles. The Hall–Kier alpha value is -1.07. The topological polar surface area (TPSA) is 66.4 Å². The smallest absolute Gasteiger partial charge is 0.329 e. The number of carbonyl (C=O) groups is 2. The van der Waals surface area contributed by atoms with E-state index < -0.39 is 17.4 Å². The van der Waals surface area contributed by atoms with Crippen LogP contribution < -0.4 is 5.32 Å². The zero-order valence-electron chi connectivity index (χ0n) is 11.5. The third-order valence-electron chi connectivity index (χ3n) is 3.90. The molecule has 114 valence electrons. The van der Waals surface area contributed by atoms with E-state index in [4.69, 9.17) is 11.6 Å². The van der Waals surface area contributed by atoms with Crippen LogP contribution in [0.2, 0.25) is 5.02 Å². The van der Waals surface area contributed by atoms with E-state index in [0.29, 0.717) is 23.4 Å². The molecule has 6 heteroatoms. The van der Waals surface area contributed by atoms with Crippen LogP contribution in [0.25, 0.3) is 0 Å². The molecular weight excluding hydrogens is 358 g/mol. The molecule has 1 fully saturated rings. The SMILES string of the molecule is O=C(NC1(C(=O)O)CCCCCC1)c1ccc(Br)cc1Cl. The summed E-state index contributed by atoms with van der Waals surface area (Å²) in [7, 11) is 0. The number of hydrogen-bond donors (Lipinski definition) is 2. The van der Waals surface area contributed by atoms with Gasteiger partial charge in [-0.15, -0.1) is 0 Å². The first-order chi connectivity index (χ1) is 9.94. The molecule has 0 bridgehead atoms. The second kappa shape index (κ2) is 6.79. The summed E-state index contributed by atoms with van der Waals surface area (Å²) < 4.78 is 0.770. The van der Waals surface area contributed by atoms with E-state index in [1.165, 1.54) is 0 Å². The molecule has 1 aliphatic rings. The monoisotopic (exact) mass is 373 g/mol. The third-order valence-corrected chi connectivity index (χ3v) is 4.70. The minimum atomic E-state index is -1.18. The van der Waals surface area contributed by atoms with E-state index in [-0.39, 0.29) is 0 Å². The molecule has 0 unspecified atom stereocenters. The van der Waals surface area contributed by atoms with Gasteiger partial charge in [0.15, 0.2) is 0 Å². The lowest BCUT2D eigenvalue weighted by Crippen LogP contribution is -2.54. The van der Waals surface area contributed by atoms with Crippen molar-refractivity contribution >= 4 is 39.4 Å². The average molecular weight is 375 g/mol. The zero-order chi connectivity index (χ0) is 15.5. The summed E-state index contributed by atoms with van der Waals surface area (Å²) in [6.45, 7) is 0. The Morgan fingerprint density at radius 2 is 1.81 bits per heavy atom. The number of halogens is 2. The lowest BCUT2D eigenvalue weighted by molar-refractivity contribution is -0.145. The highest BCUT2D eigenvalue weighted by Gasteiger charge is 2.40. The first-order valence-corrected chi connectivity index (χ1v) is 8.13. The molecule has 21 heavy (non-hydrogen) atoms. The number of aliphatic carboxylic acids is 1. The molecule has 1 aromatic rings. The highest BCUT2D eigenvalue weighted by atomic mass is 79.9. The molecule has 2 N–H and O–H groups in total. The maximum absolute atomic E-state index is 12.4. The molecule has 0 radical (unpaired) electrons. The van der Waals surface area contributed by atoms with Crippen molar-refractivity contribution in [2.24, 2.45) is 0 Å². The summed E-state index contributed by atoms with van der Waals surface area (Å²) in [5.74, 6) is -1.40. The van der Waals surface area contributed by atoms with Crippen molar-refractivity contribution in [3.8, 4) is 0 Å². The Morgan fingerprint density at radius 1 is 1.19 bits per heavy atom. The van der Waals surface area contributed by atoms with Crippen molar-refractivity contribution in [3.63, 3.8) is 0 Å². The van der Waals surface area contributed by atoms with Gasteiger partial charge in [0.2, 0.25) is 0 Å². The van der Waals surface area contributed by atoms with E-state index in [0.717, 1.165) is 30.2 Å². The van der Waals surface area contributed by atoms with Crippen LogP contribution in [-0.2, 0) is 4.79 Å². The molecule has 0 aliphatic heterocycles. The molecule has 1 amide bonds. The summed E-state index contributed by atoms with van der Waals surface area (Å²) in [4.78, 5) is 24.1. The quantitative estimate of drug-likeness (QED) is 0.786. The van der Waals surface area contributed by atoms with Crippen LogP contribution in [0, 0.1) is 0 Å². The van der Waals surface area contributed by atoms with Gasteiger partial charge in [-0.05, 0) is 31.0 Å². The molecule has 4 nitrogen and oxygen atoms in total. The lowest BCUT2D eigenvalue weighted by Gasteiger charge is -2.29. The fourth-order valence-electron chi connectivity index (χ4n) is 2.68. The van der Waals surface area contributed by atoms with Crippen molar-refractivity contribution in [1.82, 2.24) is 5.32 Å². The molecule has 0 aromatic heterocycles. The molecule has 0 spiro atoms. The van der Waals surface area contributed by atoms with E-state index >= 15 is 0 Å². The molecule has 0 atom stereocenters.